The number of aromatic nitrogens is 1. The van der Waals surface area contributed by atoms with Crippen molar-refractivity contribution < 1.29 is 14.3 Å². The Labute approximate surface area is 209 Å². The van der Waals surface area contributed by atoms with Crippen LogP contribution in [0.2, 0.25) is 0 Å². The van der Waals surface area contributed by atoms with Crippen LogP contribution in [0.1, 0.15) is 27.0 Å². The molecular weight excluding hydrogens is 448 g/mol. The highest BCUT2D eigenvalue weighted by atomic mass is 16.6. The Morgan fingerprint density at radius 1 is 0.861 bits per heavy atom. The van der Waals surface area contributed by atoms with Gasteiger partial charge in [0.25, 0.3) is 0 Å². The monoisotopic (exact) mass is 474 g/mol. The highest BCUT2D eigenvalue weighted by molar-refractivity contribution is 6.01. The molecule has 0 saturated carbocycles. The minimum Gasteiger partial charge on any atom is -0.497 e. The Balaban J connectivity index is 1.74. The summed E-state index contributed by atoms with van der Waals surface area (Å²) >= 11 is 0. The van der Waals surface area contributed by atoms with Crippen LogP contribution in [0.3, 0.4) is 0 Å². The number of para-hydroxylation sites is 1. The fourth-order valence-corrected chi connectivity index (χ4v) is 5.23. The summed E-state index contributed by atoms with van der Waals surface area (Å²) in [5.41, 5.74) is 5.89. The largest absolute Gasteiger partial charge is 0.497 e. The number of fused-ring (bicyclic) bond motifs is 2. The molecule has 4 aromatic carbocycles. The van der Waals surface area contributed by atoms with Gasteiger partial charge in [-0.2, -0.15) is 0 Å². The molecule has 0 fully saturated rings. The van der Waals surface area contributed by atoms with E-state index in [1.807, 2.05) is 91.8 Å². The molecule has 178 valence electrons. The van der Waals surface area contributed by atoms with Gasteiger partial charge in [0.05, 0.1) is 18.4 Å². The molecule has 1 N–H and O–H groups in total. The van der Waals surface area contributed by atoms with Crippen LogP contribution in [0.25, 0.3) is 22.2 Å². The van der Waals surface area contributed by atoms with Crippen molar-refractivity contribution in [1.29, 1.82) is 0 Å². The second-order valence-corrected chi connectivity index (χ2v) is 9.21. The Morgan fingerprint density at radius 2 is 1.58 bits per heavy atom. The number of carbonyl (C=O) groups excluding carboxylic acids is 1. The van der Waals surface area contributed by atoms with Gasteiger partial charge in [-0.15, -0.1) is 0 Å². The maximum atomic E-state index is 13.6. The molecule has 0 radical (unpaired) electrons. The average molecular weight is 475 g/mol. The molecule has 5 aromatic rings. The number of methoxy groups -OCH3 is 1. The number of nitrogens with one attached hydrogen (secondary N) is 1. The van der Waals surface area contributed by atoms with Crippen molar-refractivity contribution in [2.24, 2.45) is 0 Å². The lowest BCUT2D eigenvalue weighted by Gasteiger charge is -2.31. The fraction of sp³-hybridized carbons (Fsp3) is 0.129. The predicted molar refractivity (Wildman–Crippen MR) is 143 cm³/mol. The molecule has 36 heavy (non-hydrogen) atoms. The lowest BCUT2D eigenvalue weighted by molar-refractivity contribution is 0.0257. The summed E-state index contributed by atoms with van der Waals surface area (Å²) in [4.78, 5) is 19.2. The Hall–Kier alpha value is -4.51. The Bertz CT molecular complexity index is 1590. The van der Waals surface area contributed by atoms with Crippen LogP contribution in [0.5, 0.6) is 5.75 Å². The first kappa shape index (κ1) is 22.0. The van der Waals surface area contributed by atoms with Gasteiger partial charge in [0, 0.05) is 47.4 Å². The molecule has 0 spiro atoms. The molecule has 0 bridgehead atoms. The topological polar surface area (TPSA) is 54.6 Å². The van der Waals surface area contributed by atoms with Crippen molar-refractivity contribution in [2.75, 3.05) is 26.1 Å². The third kappa shape index (κ3) is 3.20. The van der Waals surface area contributed by atoms with E-state index in [9.17, 15) is 4.79 Å². The average Bonchev–Trinajstić information content (AvgIpc) is 3.45. The molecule has 1 aliphatic rings. The summed E-state index contributed by atoms with van der Waals surface area (Å²) in [6, 6.07) is 32.1. The number of anilines is 1. The quantitative estimate of drug-likeness (QED) is 0.301. The highest BCUT2D eigenvalue weighted by Crippen LogP contribution is 2.52. The van der Waals surface area contributed by atoms with Crippen molar-refractivity contribution in [3.63, 3.8) is 0 Å². The smallest absolute Gasteiger partial charge is 0.340 e. The minimum atomic E-state index is -1.14. The van der Waals surface area contributed by atoms with Gasteiger partial charge in [0.1, 0.15) is 5.75 Å². The van der Waals surface area contributed by atoms with Crippen molar-refractivity contribution in [3.8, 4) is 17.0 Å². The molecule has 2 heterocycles. The zero-order valence-corrected chi connectivity index (χ0v) is 20.4. The predicted octanol–water partition coefficient (Wildman–Crippen LogP) is 6.37. The number of esters is 1. The molecule has 0 saturated heterocycles. The lowest BCUT2D eigenvalue weighted by atomic mass is 9.77. The van der Waals surface area contributed by atoms with Gasteiger partial charge in [-0.1, -0.05) is 66.7 Å². The molecule has 1 unspecified atom stereocenters. The normalized spacial score (nSPS) is 16.6. The number of rotatable bonds is 5. The second kappa shape index (κ2) is 8.31. The highest BCUT2D eigenvalue weighted by Gasteiger charge is 2.51. The number of benzene rings is 4. The van der Waals surface area contributed by atoms with E-state index < -0.39 is 5.60 Å². The number of hydrogen-bond donors (Lipinski definition) is 1. The van der Waals surface area contributed by atoms with Gasteiger partial charge in [-0.05, 0) is 35.9 Å². The zero-order chi connectivity index (χ0) is 24.9. The molecule has 5 heteroatoms. The van der Waals surface area contributed by atoms with Crippen molar-refractivity contribution in [2.45, 2.75) is 5.60 Å². The van der Waals surface area contributed by atoms with Crippen LogP contribution in [-0.4, -0.2) is 32.2 Å². The Kier molecular flexibility index (Phi) is 5.07. The number of H-pyrrole nitrogens is 1. The van der Waals surface area contributed by atoms with Crippen LogP contribution >= 0.6 is 0 Å². The van der Waals surface area contributed by atoms with E-state index in [2.05, 4.69) is 29.2 Å². The molecule has 6 rings (SSSR count). The first-order chi connectivity index (χ1) is 17.5. The van der Waals surface area contributed by atoms with Gasteiger partial charge in [0.2, 0.25) is 0 Å². The summed E-state index contributed by atoms with van der Waals surface area (Å²) in [7, 11) is 5.57. The van der Waals surface area contributed by atoms with Gasteiger partial charge in [-0.3, -0.25) is 0 Å². The number of carbonyl (C=O) groups is 1. The SMILES string of the molecule is COc1ccc(C2(c3c(-c4ccccc4)[nH]c4ccccc34)OC(=O)c3cc(N(C)C)ccc32)cc1. The molecule has 0 aliphatic carbocycles. The van der Waals surface area contributed by atoms with Crippen LogP contribution in [-0.2, 0) is 10.3 Å². The van der Waals surface area contributed by atoms with Gasteiger partial charge in [0.15, 0.2) is 5.60 Å². The standard InChI is InChI=1S/C31H26N2O3/c1-33(2)22-15-18-26-25(19-22)30(34)36-31(26,21-13-16-23(35-3)17-14-21)28-24-11-7-8-12-27(24)32-29(28)20-9-5-4-6-10-20/h4-19,32H,1-3H3. The van der Waals surface area contributed by atoms with E-state index in [4.69, 9.17) is 9.47 Å². The number of hydrogen-bond acceptors (Lipinski definition) is 4. The van der Waals surface area contributed by atoms with Crippen LogP contribution in [0.15, 0.2) is 97.1 Å². The van der Waals surface area contributed by atoms with Crippen molar-refractivity contribution in [3.05, 3.63) is 119 Å². The van der Waals surface area contributed by atoms with E-state index in [1.165, 1.54) is 0 Å². The van der Waals surface area contributed by atoms with E-state index in [0.29, 0.717) is 5.56 Å². The summed E-state index contributed by atoms with van der Waals surface area (Å²) in [5, 5.41) is 1.00. The van der Waals surface area contributed by atoms with Crippen molar-refractivity contribution in [1.82, 2.24) is 4.98 Å². The third-order valence-electron chi connectivity index (χ3n) is 6.98. The fourth-order valence-electron chi connectivity index (χ4n) is 5.23. The first-order valence-electron chi connectivity index (χ1n) is 11.9. The summed E-state index contributed by atoms with van der Waals surface area (Å²) in [5.74, 6) is 0.400. The molecule has 1 atom stereocenters. The van der Waals surface area contributed by atoms with Crippen LogP contribution in [0, 0.1) is 0 Å². The van der Waals surface area contributed by atoms with Crippen molar-refractivity contribution >= 4 is 22.6 Å². The molecule has 0 amide bonds. The summed E-state index contributed by atoms with van der Waals surface area (Å²) < 4.78 is 11.9. The summed E-state index contributed by atoms with van der Waals surface area (Å²) in [6.07, 6.45) is 0. The van der Waals surface area contributed by atoms with Gasteiger partial charge < -0.3 is 19.4 Å². The molecule has 5 nitrogen and oxygen atoms in total. The maximum absolute atomic E-state index is 13.6. The number of nitrogens with zero attached hydrogens (tertiary/aromatic N) is 1. The van der Waals surface area contributed by atoms with Crippen LogP contribution < -0.4 is 9.64 Å². The van der Waals surface area contributed by atoms with Gasteiger partial charge in [-0.25, -0.2) is 4.79 Å². The van der Waals surface area contributed by atoms with Crippen LogP contribution in [0.4, 0.5) is 5.69 Å². The van der Waals surface area contributed by atoms with E-state index in [1.54, 1.807) is 7.11 Å². The third-order valence-corrected chi connectivity index (χ3v) is 6.98. The minimum absolute atomic E-state index is 0.339. The molecule has 1 aliphatic heterocycles. The lowest BCUT2D eigenvalue weighted by Crippen LogP contribution is -2.30. The molecular formula is C31H26N2O3. The number of aromatic amines is 1. The number of cyclic esters (lactones) is 1. The van der Waals surface area contributed by atoms with E-state index in [0.717, 1.165) is 50.3 Å². The number of ether oxygens (including phenoxy) is 2. The van der Waals surface area contributed by atoms with E-state index >= 15 is 0 Å². The second-order valence-electron chi connectivity index (χ2n) is 9.21. The summed E-state index contributed by atoms with van der Waals surface area (Å²) in [6.45, 7) is 0. The Morgan fingerprint density at radius 3 is 2.31 bits per heavy atom. The zero-order valence-electron chi connectivity index (χ0n) is 20.4. The molecule has 1 aromatic heterocycles. The van der Waals surface area contributed by atoms with E-state index in [-0.39, 0.29) is 5.97 Å². The maximum Gasteiger partial charge on any atom is 0.340 e. The van der Waals surface area contributed by atoms with Gasteiger partial charge >= 0.3 is 5.97 Å². The first-order valence-corrected chi connectivity index (χ1v) is 11.9.